The van der Waals surface area contributed by atoms with Crippen molar-refractivity contribution < 1.29 is 9.47 Å². The van der Waals surface area contributed by atoms with Gasteiger partial charge in [0.2, 0.25) is 0 Å². The smallest absolute Gasteiger partial charge is 0.184 e. The maximum Gasteiger partial charge on any atom is 0.184 e. The van der Waals surface area contributed by atoms with Crippen LogP contribution in [0.25, 0.3) is 0 Å². The average Bonchev–Trinajstić information content (AvgIpc) is 2.38. The van der Waals surface area contributed by atoms with Gasteiger partial charge in [-0.2, -0.15) is 0 Å². The summed E-state index contributed by atoms with van der Waals surface area (Å²) >= 11 is 5.55. The fraction of sp³-hybridized carbons (Fsp3) is 0.562. The van der Waals surface area contributed by atoms with Gasteiger partial charge in [0.1, 0.15) is 0 Å². The van der Waals surface area contributed by atoms with Crippen LogP contribution in [0.3, 0.4) is 0 Å². The van der Waals surface area contributed by atoms with E-state index in [2.05, 4.69) is 37.1 Å². The van der Waals surface area contributed by atoms with E-state index in [9.17, 15) is 0 Å². The molecule has 2 aliphatic rings. The van der Waals surface area contributed by atoms with Gasteiger partial charge in [0.05, 0.1) is 12.6 Å². The van der Waals surface area contributed by atoms with Gasteiger partial charge in [-0.05, 0) is 46.0 Å². The Kier molecular flexibility index (Phi) is 3.48. The predicted octanol–water partition coefficient (Wildman–Crippen LogP) is 3.22. The van der Waals surface area contributed by atoms with Crippen molar-refractivity contribution in [3.63, 3.8) is 0 Å². The standard InChI is InChI=1S/C16H22N2O2S/c1-5-19-13-8-6-7-11-12-9-16(4,20-14(11)13)18(10(2)3)15(21)17-12/h6-8,10,12H,5,9H2,1-4H3,(H,17,21). The lowest BCUT2D eigenvalue weighted by atomic mass is 9.89. The van der Waals surface area contributed by atoms with Crippen molar-refractivity contribution in [3.8, 4) is 11.5 Å². The maximum atomic E-state index is 6.39. The zero-order valence-corrected chi connectivity index (χ0v) is 13.8. The van der Waals surface area contributed by atoms with Gasteiger partial charge in [-0.25, -0.2) is 0 Å². The number of rotatable bonds is 3. The molecule has 3 rings (SSSR count). The number of hydrogen-bond acceptors (Lipinski definition) is 3. The fourth-order valence-corrected chi connectivity index (χ4v) is 3.97. The second kappa shape index (κ2) is 5.05. The lowest BCUT2D eigenvalue weighted by Crippen LogP contribution is -2.66. The van der Waals surface area contributed by atoms with E-state index in [1.807, 2.05) is 19.1 Å². The average molecular weight is 306 g/mol. The molecule has 1 saturated heterocycles. The van der Waals surface area contributed by atoms with Crippen molar-refractivity contribution in [2.45, 2.75) is 51.9 Å². The van der Waals surface area contributed by atoms with Gasteiger partial charge in [-0.15, -0.1) is 0 Å². The number of nitrogens with zero attached hydrogens (tertiary/aromatic N) is 1. The van der Waals surface area contributed by atoms with Crippen molar-refractivity contribution in [1.82, 2.24) is 10.2 Å². The molecule has 5 heteroatoms. The van der Waals surface area contributed by atoms with Gasteiger partial charge in [-0.1, -0.05) is 12.1 Å². The molecule has 0 aromatic heterocycles. The van der Waals surface area contributed by atoms with Crippen LogP contribution in [0.4, 0.5) is 0 Å². The molecular weight excluding hydrogens is 284 g/mol. The normalized spacial score (nSPS) is 27.0. The number of hydrogen-bond donors (Lipinski definition) is 1. The quantitative estimate of drug-likeness (QED) is 0.867. The molecule has 21 heavy (non-hydrogen) atoms. The van der Waals surface area contributed by atoms with Crippen molar-refractivity contribution in [3.05, 3.63) is 23.8 Å². The van der Waals surface area contributed by atoms with Crippen LogP contribution >= 0.6 is 12.2 Å². The van der Waals surface area contributed by atoms with Crippen LogP contribution < -0.4 is 14.8 Å². The first-order valence-electron chi connectivity index (χ1n) is 7.51. The minimum atomic E-state index is -0.429. The number of ether oxygens (including phenoxy) is 2. The Hall–Kier alpha value is -1.49. The molecule has 2 unspecified atom stereocenters. The molecule has 4 nitrogen and oxygen atoms in total. The highest BCUT2D eigenvalue weighted by Crippen LogP contribution is 2.48. The van der Waals surface area contributed by atoms with Crippen LogP contribution in [0.5, 0.6) is 11.5 Å². The fourth-order valence-electron chi connectivity index (χ4n) is 3.43. The molecule has 2 heterocycles. The van der Waals surface area contributed by atoms with E-state index in [0.29, 0.717) is 6.61 Å². The third kappa shape index (κ3) is 2.24. The van der Waals surface area contributed by atoms with Gasteiger partial charge < -0.3 is 19.7 Å². The molecule has 2 atom stereocenters. The SMILES string of the molecule is CCOc1cccc2c1OC1(C)CC2NC(=S)N1C(C)C. The molecule has 1 fully saturated rings. The lowest BCUT2D eigenvalue weighted by molar-refractivity contribution is -0.0823. The molecule has 0 saturated carbocycles. The Balaban J connectivity index is 2.07. The van der Waals surface area contributed by atoms with Crippen LogP contribution in [0.2, 0.25) is 0 Å². The molecule has 0 aliphatic carbocycles. The Morgan fingerprint density at radius 1 is 1.52 bits per heavy atom. The van der Waals surface area contributed by atoms with Crippen molar-refractivity contribution in [2.75, 3.05) is 6.61 Å². The summed E-state index contributed by atoms with van der Waals surface area (Å²) < 4.78 is 12.1. The first-order chi connectivity index (χ1) is 9.96. The van der Waals surface area contributed by atoms with Crippen molar-refractivity contribution in [1.29, 1.82) is 0 Å². The zero-order valence-electron chi connectivity index (χ0n) is 13.0. The topological polar surface area (TPSA) is 33.7 Å². The molecular formula is C16H22N2O2S. The summed E-state index contributed by atoms with van der Waals surface area (Å²) in [5.41, 5.74) is 0.700. The van der Waals surface area contributed by atoms with Crippen LogP contribution in [0.1, 0.15) is 45.7 Å². The van der Waals surface area contributed by atoms with Crippen molar-refractivity contribution >= 4 is 17.3 Å². The monoisotopic (exact) mass is 306 g/mol. The number of para-hydroxylation sites is 1. The van der Waals surface area contributed by atoms with Gasteiger partial charge in [0.15, 0.2) is 22.3 Å². The Morgan fingerprint density at radius 3 is 2.95 bits per heavy atom. The maximum absolute atomic E-state index is 6.39. The summed E-state index contributed by atoms with van der Waals surface area (Å²) in [4.78, 5) is 2.14. The summed E-state index contributed by atoms with van der Waals surface area (Å²) in [6, 6.07) is 6.52. The van der Waals surface area contributed by atoms with Crippen LogP contribution in [-0.2, 0) is 0 Å². The number of nitrogens with one attached hydrogen (secondary N) is 1. The van der Waals surface area contributed by atoms with Crippen LogP contribution in [-0.4, -0.2) is 28.4 Å². The summed E-state index contributed by atoms with van der Waals surface area (Å²) in [7, 11) is 0. The minimum absolute atomic E-state index is 0.182. The number of benzene rings is 1. The first-order valence-corrected chi connectivity index (χ1v) is 7.91. The molecule has 114 valence electrons. The van der Waals surface area contributed by atoms with E-state index < -0.39 is 5.72 Å². The summed E-state index contributed by atoms with van der Waals surface area (Å²) in [6.45, 7) is 8.98. The molecule has 0 amide bonds. The van der Waals surface area contributed by atoms with E-state index in [1.54, 1.807) is 0 Å². The molecule has 2 aliphatic heterocycles. The third-order valence-corrected chi connectivity index (χ3v) is 4.45. The van der Waals surface area contributed by atoms with Gasteiger partial charge >= 0.3 is 0 Å². The van der Waals surface area contributed by atoms with E-state index in [4.69, 9.17) is 21.7 Å². The third-order valence-electron chi connectivity index (χ3n) is 4.13. The van der Waals surface area contributed by atoms with E-state index in [-0.39, 0.29) is 12.1 Å². The van der Waals surface area contributed by atoms with Crippen LogP contribution in [0.15, 0.2) is 18.2 Å². The van der Waals surface area contributed by atoms with E-state index in [0.717, 1.165) is 28.6 Å². The van der Waals surface area contributed by atoms with Crippen molar-refractivity contribution in [2.24, 2.45) is 0 Å². The molecule has 2 bridgehead atoms. The minimum Gasteiger partial charge on any atom is -0.490 e. The molecule has 1 aromatic rings. The second-order valence-electron chi connectivity index (χ2n) is 6.05. The van der Waals surface area contributed by atoms with Crippen LogP contribution in [0, 0.1) is 0 Å². The molecule has 1 N–H and O–H groups in total. The highest BCUT2D eigenvalue weighted by Gasteiger charge is 2.49. The highest BCUT2D eigenvalue weighted by atomic mass is 32.1. The number of thiocarbonyl (C=S) groups is 1. The zero-order chi connectivity index (χ0) is 15.2. The van der Waals surface area contributed by atoms with Gasteiger partial charge in [0.25, 0.3) is 0 Å². The second-order valence-corrected chi connectivity index (χ2v) is 6.44. The largest absolute Gasteiger partial charge is 0.490 e. The molecule has 1 aromatic carbocycles. The summed E-state index contributed by atoms with van der Waals surface area (Å²) in [5, 5.41) is 4.21. The predicted molar refractivity (Wildman–Crippen MR) is 86.7 cm³/mol. The summed E-state index contributed by atoms with van der Waals surface area (Å²) in [5.74, 6) is 1.66. The number of fused-ring (bicyclic) bond motifs is 4. The Labute approximate surface area is 131 Å². The molecule has 0 radical (unpaired) electrons. The first kappa shape index (κ1) is 14.4. The lowest BCUT2D eigenvalue weighted by Gasteiger charge is -2.54. The van der Waals surface area contributed by atoms with Gasteiger partial charge in [0, 0.05) is 18.0 Å². The van der Waals surface area contributed by atoms with E-state index >= 15 is 0 Å². The Bertz CT molecular complexity index is 575. The Morgan fingerprint density at radius 2 is 2.29 bits per heavy atom. The van der Waals surface area contributed by atoms with E-state index in [1.165, 1.54) is 0 Å². The molecule has 0 spiro atoms. The summed E-state index contributed by atoms with van der Waals surface area (Å²) in [6.07, 6.45) is 0.869. The van der Waals surface area contributed by atoms with Gasteiger partial charge in [-0.3, -0.25) is 0 Å². The highest BCUT2D eigenvalue weighted by molar-refractivity contribution is 7.80.